The molecule has 4 nitrogen and oxygen atoms in total. The highest BCUT2D eigenvalue weighted by molar-refractivity contribution is 8.01. The zero-order chi connectivity index (χ0) is 10.3. The summed E-state index contributed by atoms with van der Waals surface area (Å²) in [6.07, 6.45) is 1.57. The molecule has 1 unspecified atom stereocenters. The molecule has 13 heavy (non-hydrogen) atoms. The Morgan fingerprint density at radius 1 is 1.69 bits per heavy atom. The number of carbonyl (C=O) groups excluding carboxylic acids is 1. The lowest BCUT2D eigenvalue weighted by atomic mass is 10.5. The fraction of sp³-hybridized carbons (Fsp3) is 0.500. The molecule has 0 aromatic carbocycles. The van der Waals surface area contributed by atoms with E-state index in [2.05, 4.69) is 11.9 Å². The van der Waals surface area contributed by atoms with Gasteiger partial charge >= 0.3 is 5.97 Å². The third-order valence-electron chi connectivity index (χ3n) is 1.26. The Morgan fingerprint density at radius 3 is 2.77 bits per heavy atom. The molecule has 0 heterocycles. The fourth-order valence-electron chi connectivity index (χ4n) is 0.509. The summed E-state index contributed by atoms with van der Waals surface area (Å²) in [6, 6.07) is 0. The predicted octanol–water partition coefficient (Wildman–Crippen LogP) is 0.495. The molecular formula is C8H13NO3S. The van der Waals surface area contributed by atoms with Crippen molar-refractivity contribution in [3.63, 3.8) is 0 Å². The van der Waals surface area contributed by atoms with Gasteiger partial charge in [-0.15, -0.1) is 18.3 Å². The number of rotatable bonds is 6. The van der Waals surface area contributed by atoms with Crippen molar-refractivity contribution >= 4 is 23.6 Å². The molecule has 0 rings (SSSR count). The summed E-state index contributed by atoms with van der Waals surface area (Å²) in [5, 5.41) is 10.5. The van der Waals surface area contributed by atoms with E-state index in [0.29, 0.717) is 6.54 Å². The first-order valence-electron chi connectivity index (χ1n) is 3.80. The van der Waals surface area contributed by atoms with Crippen LogP contribution in [0.5, 0.6) is 0 Å². The van der Waals surface area contributed by atoms with Crippen molar-refractivity contribution in [1.82, 2.24) is 5.32 Å². The number of amides is 1. The molecule has 0 aliphatic rings. The van der Waals surface area contributed by atoms with E-state index in [1.807, 2.05) is 0 Å². The van der Waals surface area contributed by atoms with Gasteiger partial charge in [-0.1, -0.05) is 6.08 Å². The monoisotopic (exact) mass is 203 g/mol. The maximum absolute atomic E-state index is 11.0. The molecule has 0 aliphatic carbocycles. The molecule has 0 saturated heterocycles. The minimum atomic E-state index is -0.901. The van der Waals surface area contributed by atoms with E-state index in [1.54, 1.807) is 13.0 Å². The first-order valence-corrected chi connectivity index (χ1v) is 4.84. The molecule has 0 aliphatic heterocycles. The fourth-order valence-corrected chi connectivity index (χ4v) is 1.16. The summed E-state index contributed by atoms with van der Waals surface area (Å²) in [7, 11) is 0. The molecule has 1 atom stereocenters. The smallest absolute Gasteiger partial charge is 0.316 e. The van der Waals surface area contributed by atoms with Crippen molar-refractivity contribution in [1.29, 1.82) is 0 Å². The molecule has 0 aromatic heterocycles. The SMILES string of the molecule is C=CCNC(=O)CSC(C)C(=O)O. The van der Waals surface area contributed by atoms with Gasteiger partial charge in [-0.25, -0.2) is 0 Å². The Labute approximate surface area is 81.4 Å². The summed E-state index contributed by atoms with van der Waals surface area (Å²) in [6.45, 7) is 5.41. The van der Waals surface area contributed by atoms with Gasteiger partial charge in [0.05, 0.1) is 11.0 Å². The molecular weight excluding hydrogens is 190 g/mol. The first kappa shape index (κ1) is 12.0. The van der Waals surface area contributed by atoms with Crippen LogP contribution in [0.25, 0.3) is 0 Å². The van der Waals surface area contributed by atoms with Gasteiger partial charge in [0.15, 0.2) is 0 Å². The Bertz CT molecular complexity index is 206. The average Bonchev–Trinajstić information content (AvgIpc) is 2.10. The van der Waals surface area contributed by atoms with Crippen molar-refractivity contribution in [3.8, 4) is 0 Å². The highest BCUT2D eigenvalue weighted by atomic mass is 32.2. The van der Waals surface area contributed by atoms with Crippen molar-refractivity contribution in [2.45, 2.75) is 12.2 Å². The van der Waals surface area contributed by atoms with Crippen molar-refractivity contribution in [3.05, 3.63) is 12.7 Å². The van der Waals surface area contributed by atoms with Crippen LogP contribution in [-0.2, 0) is 9.59 Å². The number of thioether (sulfide) groups is 1. The van der Waals surface area contributed by atoms with Crippen LogP contribution in [0.15, 0.2) is 12.7 Å². The number of hydrogen-bond acceptors (Lipinski definition) is 3. The van der Waals surface area contributed by atoms with Crippen molar-refractivity contribution in [2.75, 3.05) is 12.3 Å². The molecule has 5 heteroatoms. The summed E-state index contributed by atoms with van der Waals surface area (Å²) >= 11 is 1.10. The third-order valence-corrected chi connectivity index (χ3v) is 2.39. The Balaban J connectivity index is 3.57. The largest absolute Gasteiger partial charge is 0.480 e. The van der Waals surface area contributed by atoms with E-state index in [1.165, 1.54) is 0 Å². The van der Waals surface area contributed by atoms with E-state index in [9.17, 15) is 9.59 Å². The summed E-state index contributed by atoms with van der Waals surface area (Å²) in [5.74, 6) is -0.902. The summed E-state index contributed by atoms with van der Waals surface area (Å²) < 4.78 is 0. The van der Waals surface area contributed by atoms with Crippen LogP contribution in [0.3, 0.4) is 0 Å². The molecule has 0 spiro atoms. The number of carbonyl (C=O) groups is 2. The van der Waals surface area contributed by atoms with E-state index in [-0.39, 0.29) is 11.7 Å². The predicted molar refractivity (Wildman–Crippen MR) is 52.8 cm³/mol. The standard InChI is InChI=1S/C8H13NO3S/c1-3-4-9-7(10)5-13-6(2)8(11)12/h3,6H,1,4-5H2,2H3,(H,9,10)(H,11,12). The normalized spacial score (nSPS) is 11.8. The van der Waals surface area contributed by atoms with Gasteiger partial charge < -0.3 is 10.4 Å². The minimum absolute atomic E-state index is 0.168. The summed E-state index contributed by atoms with van der Waals surface area (Å²) in [4.78, 5) is 21.3. The van der Waals surface area contributed by atoms with Gasteiger partial charge in [0.2, 0.25) is 5.91 Å². The second-order valence-electron chi connectivity index (χ2n) is 2.38. The molecule has 74 valence electrons. The Hall–Kier alpha value is -0.970. The molecule has 0 saturated carbocycles. The van der Waals surface area contributed by atoms with Crippen LogP contribution in [0.1, 0.15) is 6.92 Å². The average molecular weight is 203 g/mol. The summed E-state index contributed by atoms with van der Waals surface area (Å²) in [5.41, 5.74) is 0. The third kappa shape index (κ3) is 6.21. The van der Waals surface area contributed by atoms with E-state index in [0.717, 1.165) is 11.8 Å². The zero-order valence-electron chi connectivity index (χ0n) is 7.45. The Morgan fingerprint density at radius 2 is 2.31 bits per heavy atom. The Kier molecular flexibility index (Phi) is 6.05. The number of hydrogen-bond donors (Lipinski definition) is 2. The first-order chi connectivity index (χ1) is 6.07. The molecule has 2 N–H and O–H groups in total. The van der Waals surface area contributed by atoms with Gasteiger partial charge in [0, 0.05) is 6.54 Å². The quantitative estimate of drug-likeness (QED) is 0.617. The van der Waals surface area contributed by atoms with E-state index < -0.39 is 11.2 Å². The van der Waals surface area contributed by atoms with Gasteiger partial charge in [-0.05, 0) is 6.92 Å². The van der Waals surface area contributed by atoms with Crippen LogP contribution < -0.4 is 5.32 Å². The van der Waals surface area contributed by atoms with Crippen LogP contribution in [0, 0.1) is 0 Å². The second-order valence-corrected chi connectivity index (χ2v) is 3.71. The number of carboxylic acid groups (broad SMARTS) is 1. The minimum Gasteiger partial charge on any atom is -0.480 e. The number of carboxylic acids is 1. The lowest BCUT2D eigenvalue weighted by Gasteiger charge is -2.05. The maximum atomic E-state index is 11.0. The number of nitrogens with one attached hydrogen (secondary N) is 1. The van der Waals surface area contributed by atoms with E-state index in [4.69, 9.17) is 5.11 Å². The van der Waals surface area contributed by atoms with Gasteiger partial charge in [0.1, 0.15) is 0 Å². The van der Waals surface area contributed by atoms with Gasteiger partial charge in [0.25, 0.3) is 0 Å². The van der Waals surface area contributed by atoms with Gasteiger partial charge in [-0.3, -0.25) is 9.59 Å². The molecule has 0 radical (unpaired) electrons. The maximum Gasteiger partial charge on any atom is 0.316 e. The zero-order valence-corrected chi connectivity index (χ0v) is 8.26. The molecule has 0 fully saturated rings. The van der Waals surface area contributed by atoms with Crippen molar-refractivity contribution in [2.24, 2.45) is 0 Å². The van der Waals surface area contributed by atoms with Crippen LogP contribution in [0.4, 0.5) is 0 Å². The van der Waals surface area contributed by atoms with Crippen LogP contribution in [0.2, 0.25) is 0 Å². The van der Waals surface area contributed by atoms with Gasteiger partial charge in [-0.2, -0.15) is 0 Å². The number of aliphatic carboxylic acids is 1. The molecule has 0 aromatic rings. The molecule has 0 bridgehead atoms. The highest BCUT2D eigenvalue weighted by Crippen LogP contribution is 2.09. The second kappa shape index (κ2) is 6.54. The van der Waals surface area contributed by atoms with Crippen molar-refractivity contribution < 1.29 is 14.7 Å². The lowest BCUT2D eigenvalue weighted by molar-refractivity contribution is -0.136. The topological polar surface area (TPSA) is 66.4 Å². The van der Waals surface area contributed by atoms with Crippen LogP contribution >= 0.6 is 11.8 Å². The van der Waals surface area contributed by atoms with E-state index >= 15 is 0 Å². The lowest BCUT2D eigenvalue weighted by Crippen LogP contribution is -2.26. The highest BCUT2D eigenvalue weighted by Gasteiger charge is 2.12. The van der Waals surface area contributed by atoms with Crippen LogP contribution in [-0.4, -0.2) is 34.5 Å². The molecule has 1 amide bonds.